The number of rotatable bonds is 9. The molecule has 1 aliphatic heterocycles. The van der Waals surface area contributed by atoms with Gasteiger partial charge in [0, 0.05) is 32.2 Å². The van der Waals surface area contributed by atoms with E-state index in [0.717, 1.165) is 35.9 Å². The largest absolute Gasteiger partial charge is 0.493 e. The Morgan fingerprint density at radius 2 is 1.86 bits per heavy atom. The second-order valence-corrected chi connectivity index (χ2v) is 9.14. The Kier molecular flexibility index (Phi) is 8.14. The topological polar surface area (TPSA) is 82.0 Å². The van der Waals surface area contributed by atoms with Gasteiger partial charge in [-0.2, -0.15) is 0 Å². The van der Waals surface area contributed by atoms with Crippen LogP contribution in [0, 0.1) is 6.92 Å². The summed E-state index contributed by atoms with van der Waals surface area (Å²) in [7, 11) is 4.99. The number of anilines is 1. The SMILES string of the molecule is COc1cccc(CN(C)C(=O)CSc2nnc(N3CCOCC3)n2-c2ccccc2C)c1OC. The van der Waals surface area contributed by atoms with E-state index < -0.39 is 0 Å². The van der Waals surface area contributed by atoms with Crippen LogP contribution in [0.1, 0.15) is 11.1 Å². The Hall–Kier alpha value is -3.24. The summed E-state index contributed by atoms with van der Waals surface area (Å²) in [5.74, 6) is 2.26. The standard InChI is InChI=1S/C25H31N5O4S/c1-18-8-5-6-10-20(18)30-24(29-12-14-34-15-13-29)26-27-25(30)35-17-22(31)28(2)16-19-9-7-11-21(32-3)23(19)33-4/h5-11H,12-17H2,1-4H3. The van der Waals surface area contributed by atoms with Gasteiger partial charge in [0.15, 0.2) is 16.7 Å². The summed E-state index contributed by atoms with van der Waals surface area (Å²) < 4.78 is 18.4. The van der Waals surface area contributed by atoms with E-state index >= 15 is 0 Å². The summed E-state index contributed by atoms with van der Waals surface area (Å²) in [5, 5.41) is 9.64. The van der Waals surface area contributed by atoms with Gasteiger partial charge in [-0.3, -0.25) is 9.36 Å². The van der Waals surface area contributed by atoms with Crippen molar-refractivity contribution >= 4 is 23.6 Å². The average Bonchev–Trinajstić information content (AvgIpc) is 3.31. The molecule has 1 amide bonds. The van der Waals surface area contributed by atoms with E-state index in [2.05, 4.69) is 34.2 Å². The van der Waals surface area contributed by atoms with Crippen LogP contribution in [0.2, 0.25) is 0 Å². The van der Waals surface area contributed by atoms with Crippen LogP contribution < -0.4 is 14.4 Å². The normalized spacial score (nSPS) is 13.5. The summed E-state index contributed by atoms with van der Waals surface area (Å²) >= 11 is 1.38. The van der Waals surface area contributed by atoms with Gasteiger partial charge in [-0.1, -0.05) is 42.1 Å². The summed E-state index contributed by atoms with van der Waals surface area (Å²) in [6.07, 6.45) is 0. The first-order valence-corrected chi connectivity index (χ1v) is 12.4. The van der Waals surface area contributed by atoms with E-state index in [9.17, 15) is 4.79 Å². The zero-order chi connectivity index (χ0) is 24.8. The predicted octanol–water partition coefficient (Wildman–Crippen LogP) is 3.18. The lowest BCUT2D eigenvalue weighted by Crippen LogP contribution is -2.38. The summed E-state index contributed by atoms with van der Waals surface area (Å²) in [4.78, 5) is 16.9. The van der Waals surface area contributed by atoms with Crippen molar-refractivity contribution in [3.63, 3.8) is 0 Å². The van der Waals surface area contributed by atoms with E-state index in [0.29, 0.717) is 36.4 Å². The van der Waals surface area contributed by atoms with Crippen LogP contribution in [0.4, 0.5) is 5.95 Å². The molecule has 2 heterocycles. The van der Waals surface area contributed by atoms with Gasteiger partial charge in [-0.05, 0) is 24.6 Å². The molecular formula is C25H31N5O4S. The molecule has 0 N–H and O–H groups in total. The Bertz CT molecular complexity index is 1160. The monoisotopic (exact) mass is 497 g/mol. The lowest BCUT2D eigenvalue weighted by atomic mass is 10.1. The van der Waals surface area contributed by atoms with E-state index in [1.54, 1.807) is 26.2 Å². The van der Waals surface area contributed by atoms with Crippen LogP contribution in [0.5, 0.6) is 11.5 Å². The van der Waals surface area contributed by atoms with Crippen molar-refractivity contribution in [1.82, 2.24) is 19.7 Å². The van der Waals surface area contributed by atoms with Gasteiger partial charge in [0.2, 0.25) is 11.9 Å². The molecule has 1 aliphatic rings. The number of hydrogen-bond acceptors (Lipinski definition) is 8. The summed E-state index contributed by atoms with van der Waals surface area (Å²) in [5.41, 5.74) is 2.99. The zero-order valence-electron chi connectivity index (χ0n) is 20.6. The first-order valence-electron chi connectivity index (χ1n) is 11.4. The third kappa shape index (κ3) is 5.54. The number of hydrogen-bond donors (Lipinski definition) is 0. The fourth-order valence-corrected chi connectivity index (χ4v) is 4.89. The molecule has 0 atom stereocenters. The maximum absolute atomic E-state index is 13.0. The number of carbonyl (C=O) groups is 1. The Morgan fingerprint density at radius 1 is 1.09 bits per heavy atom. The van der Waals surface area contributed by atoms with Gasteiger partial charge in [0.1, 0.15) is 0 Å². The summed E-state index contributed by atoms with van der Waals surface area (Å²) in [6, 6.07) is 13.8. The van der Waals surface area contributed by atoms with Crippen molar-refractivity contribution in [2.24, 2.45) is 0 Å². The molecule has 0 bridgehead atoms. The highest BCUT2D eigenvalue weighted by Gasteiger charge is 2.24. The molecule has 9 nitrogen and oxygen atoms in total. The third-order valence-corrected chi connectivity index (χ3v) is 6.82. The number of nitrogens with zero attached hydrogens (tertiary/aromatic N) is 5. The van der Waals surface area contributed by atoms with Gasteiger partial charge in [0.25, 0.3) is 0 Å². The van der Waals surface area contributed by atoms with Crippen molar-refractivity contribution in [1.29, 1.82) is 0 Å². The fourth-order valence-electron chi connectivity index (χ4n) is 4.01. The van der Waals surface area contributed by atoms with Crippen molar-refractivity contribution in [2.45, 2.75) is 18.6 Å². The minimum atomic E-state index is -0.0212. The van der Waals surface area contributed by atoms with Crippen molar-refractivity contribution in [2.75, 3.05) is 58.2 Å². The molecule has 0 spiro atoms. The van der Waals surface area contributed by atoms with Crippen LogP contribution >= 0.6 is 11.8 Å². The third-order valence-electron chi connectivity index (χ3n) is 5.91. The smallest absolute Gasteiger partial charge is 0.233 e. The van der Waals surface area contributed by atoms with Gasteiger partial charge in [0.05, 0.1) is 38.9 Å². The number of carbonyl (C=O) groups excluding carboxylic acids is 1. The number of ether oxygens (including phenoxy) is 3. The molecular weight excluding hydrogens is 466 g/mol. The molecule has 10 heteroatoms. The number of para-hydroxylation sites is 2. The van der Waals surface area contributed by atoms with E-state index in [1.165, 1.54) is 11.8 Å². The number of benzene rings is 2. The van der Waals surface area contributed by atoms with E-state index in [4.69, 9.17) is 14.2 Å². The molecule has 4 rings (SSSR count). The molecule has 186 valence electrons. The molecule has 35 heavy (non-hydrogen) atoms. The Labute approximate surface area is 210 Å². The number of morpholine rings is 1. The molecule has 0 radical (unpaired) electrons. The van der Waals surface area contributed by atoms with Gasteiger partial charge < -0.3 is 24.0 Å². The van der Waals surface area contributed by atoms with Crippen LogP contribution in [0.25, 0.3) is 5.69 Å². The quantitative estimate of drug-likeness (QED) is 0.417. The molecule has 1 fully saturated rings. The van der Waals surface area contributed by atoms with E-state index in [-0.39, 0.29) is 11.7 Å². The predicted molar refractivity (Wildman–Crippen MR) is 136 cm³/mol. The molecule has 0 unspecified atom stereocenters. The number of methoxy groups -OCH3 is 2. The lowest BCUT2D eigenvalue weighted by Gasteiger charge is -2.28. The zero-order valence-corrected chi connectivity index (χ0v) is 21.4. The van der Waals surface area contributed by atoms with Crippen molar-refractivity contribution < 1.29 is 19.0 Å². The molecule has 1 aromatic heterocycles. The van der Waals surface area contributed by atoms with Crippen LogP contribution in [-0.2, 0) is 16.1 Å². The van der Waals surface area contributed by atoms with Crippen LogP contribution in [-0.4, -0.2) is 78.9 Å². The Morgan fingerprint density at radius 3 is 2.57 bits per heavy atom. The van der Waals surface area contributed by atoms with Crippen LogP contribution in [0.15, 0.2) is 47.6 Å². The second kappa shape index (κ2) is 11.5. The van der Waals surface area contributed by atoms with Crippen molar-refractivity contribution in [3.05, 3.63) is 53.6 Å². The minimum absolute atomic E-state index is 0.0212. The van der Waals surface area contributed by atoms with Crippen molar-refractivity contribution in [3.8, 4) is 17.2 Å². The highest BCUT2D eigenvalue weighted by molar-refractivity contribution is 7.99. The number of amides is 1. The molecule has 1 saturated heterocycles. The van der Waals surface area contributed by atoms with Gasteiger partial charge in [-0.25, -0.2) is 0 Å². The highest BCUT2D eigenvalue weighted by atomic mass is 32.2. The number of thioether (sulfide) groups is 1. The lowest BCUT2D eigenvalue weighted by molar-refractivity contribution is -0.127. The van der Waals surface area contributed by atoms with Crippen LogP contribution in [0.3, 0.4) is 0 Å². The molecule has 0 saturated carbocycles. The maximum Gasteiger partial charge on any atom is 0.233 e. The first-order chi connectivity index (χ1) is 17.0. The molecule has 3 aromatic rings. The minimum Gasteiger partial charge on any atom is -0.493 e. The number of aromatic nitrogens is 3. The highest BCUT2D eigenvalue weighted by Crippen LogP contribution is 2.32. The Balaban J connectivity index is 1.52. The average molecular weight is 498 g/mol. The maximum atomic E-state index is 13.0. The fraction of sp³-hybridized carbons (Fsp3) is 0.400. The molecule has 0 aliphatic carbocycles. The van der Waals surface area contributed by atoms with Gasteiger partial charge in [-0.15, -0.1) is 10.2 Å². The summed E-state index contributed by atoms with van der Waals surface area (Å²) in [6.45, 7) is 5.27. The molecule has 2 aromatic carbocycles. The second-order valence-electron chi connectivity index (χ2n) is 8.20. The first kappa shape index (κ1) is 24.9. The van der Waals surface area contributed by atoms with E-state index in [1.807, 2.05) is 34.9 Å². The number of aryl methyl sites for hydroxylation is 1. The van der Waals surface area contributed by atoms with Gasteiger partial charge >= 0.3 is 0 Å².